The van der Waals surface area contributed by atoms with Gasteiger partial charge in [0.1, 0.15) is 23.4 Å². The van der Waals surface area contributed by atoms with E-state index in [1.807, 2.05) is 30.3 Å². The average molecular weight is 563 g/mol. The Hall–Kier alpha value is -4.36. The van der Waals surface area contributed by atoms with Gasteiger partial charge in [0.15, 0.2) is 11.6 Å². The van der Waals surface area contributed by atoms with Gasteiger partial charge in [-0.3, -0.25) is 9.59 Å². The van der Waals surface area contributed by atoms with Crippen molar-refractivity contribution in [3.05, 3.63) is 95.3 Å². The predicted molar refractivity (Wildman–Crippen MR) is 144 cm³/mol. The summed E-state index contributed by atoms with van der Waals surface area (Å²) in [6, 6.07) is 17.1. The van der Waals surface area contributed by atoms with Crippen LogP contribution in [0, 0.1) is 34.7 Å². The number of halogens is 3. The van der Waals surface area contributed by atoms with Crippen molar-refractivity contribution in [3.63, 3.8) is 0 Å². The van der Waals surface area contributed by atoms with E-state index < -0.39 is 41.5 Å². The zero-order valence-electron chi connectivity index (χ0n) is 22.1. The number of likely N-dealkylation sites (tertiary alicyclic amines) is 1. The Morgan fingerprint density at radius 3 is 2.37 bits per heavy atom. The number of benzene rings is 3. The lowest BCUT2D eigenvalue weighted by Gasteiger charge is -2.27. The van der Waals surface area contributed by atoms with Crippen LogP contribution in [-0.2, 0) is 22.4 Å². The van der Waals surface area contributed by atoms with Crippen LogP contribution in [0.15, 0.2) is 66.7 Å². The van der Waals surface area contributed by atoms with Crippen LogP contribution in [0.2, 0.25) is 0 Å². The van der Waals surface area contributed by atoms with Gasteiger partial charge in [-0.05, 0) is 73.1 Å². The molecule has 2 fully saturated rings. The van der Waals surface area contributed by atoms with Gasteiger partial charge in [0.25, 0.3) is 0 Å². The normalized spacial score (nSPS) is 20.5. The number of para-hydroxylation sites is 1. The van der Waals surface area contributed by atoms with E-state index >= 15 is 0 Å². The molecule has 4 unspecified atom stereocenters. The van der Waals surface area contributed by atoms with Gasteiger partial charge in [0.2, 0.25) is 11.8 Å². The van der Waals surface area contributed by atoms with Gasteiger partial charge in [0, 0.05) is 24.6 Å². The van der Waals surface area contributed by atoms with Crippen LogP contribution in [0.5, 0.6) is 11.5 Å². The molecule has 212 valence electrons. The first-order valence-corrected chi connectivity index (χ1v) is 13.4. The van der Waals surface area contributed by atoms with Gasteiger partial charge in [0.05, 0.1) is 12.1 Å². The first-order chi connectivity index (χ1) is 19.7. The molecule has 3 N–H and O–H groups in total. The Labute approximate surface area is 235 Å². The van der Waals surface area contributed by atoms with E-state index in [0.717, 1.165) is 18.1 Å². The van der Waals surface area contributed by atoms with E-state index in [2.05, 4.69) is 11.4 Å². The fraction of sp³-hybridized carbons (Fsp3) is 0.323. The van der Waals surface area contributed by atoms with Crippen LogP contribution >= 0.6 is 0 Å². The number of hydrogen-bond donors (Lipinski definition) is 2. The number of fused-ring (bicyclic) bond motifs is 1. The summed E-state index contributed by atoms with van der Waals surface area (Å²) in [5.74, 6) is -2.93. The second kappa shape index (κ2) is 12.0. The van der Waals surface area contributed by atoms with Gasteiger partial charge in [-0.25, -0.2) is 13.2 Å². The molecular formula is C31H29F3N4O3. The minimum Gasteiger partial charge on any atom is -0.457 e. The molecule has 0 aromatic heterocycles. The van der Waals surface area contributed by atoms with Crippen molar-refractivity contribution in [2.45, 2.75) is 56.3 Å². The molecule has 1 saturated carbocycles. The molecule has 0 radical (unpaired) electrons. The molecule has 1 aliphatic heterocycles. The highest BCUT2D eigenvalue weighted by Gasteiger charge is 2.54. The van der Waals surface area contributed by atoms with Crippen LogP contribution in [0.1, 0.15) is 30.4 Å². The van der Waals surface area contributed by atoms with E-state index in [1.54, 1.807) is 24.3 Å². The summed E-state index contributed by atoms with van der Waals surface area (Å²) in [7, 11) is 0. The lowest BCUT2D eigenvalue weighted by atomic mass is 10.00. The predicted octanol–water partition coefficient (Wildman–Crippen LogP) is 4.40. The zero-order chi connectivity index (χ0) is 29.1. The highest BCUT2D eigenvalue weighted by Crippen LogP contribution is 2.47. The Morgan fingerprint density at radius 1 is 0.976 bits per heavy atom. The SMILES string of the molecule is N#CC1CC2CC2N1C(=O)C[C@@H](Cc1cc(F)c(F)cc1F)NC(=O)C(N)Cc1ccc(Oc2ccccc2)cc1. The zero-order valence-corrected chi connectivity index (χ0v) is 22.1. The quantitative estimate of drug-likeness (QED) is 0.356. The summed E-state index contributed by atoms with van der Waals surface area (Å²) in [5, 5.41) is 12.2. The van der Waals surface area contributed by atoms with Crippen LogP contribution in [0.3, 0.4) is 0 Å². The lowest BCUT2D eigenvalue weighted by molar-refractivity contribution is -0.133. The molecule has 0 spiro atoms. The summed E-state index contributed by atoms with van der Waals surface area (Å²) in [4.78, 5) is 27.8. The monoisotopic (exact) mass is 562 g/mol. The van der Waals surface area contributed by atoms with Crippen molar-refractivity contribution < 1.29 is 27.5 Å². The van der Waals surface area contributed by atoms with Crippen molar-refractivity contribution in [1.29, 1.82) is 5.26 Å². The van der Waals surface area contributed by atoms with E-state index in [0.29, 0.717) is 24.0 Å². The van der Waals surface area contributed by atoms with Gasteiger partial charge in [-0.15, -0.1) is 0 Å². The van der Waals surface area contributed by atoms with E-state index in [4.69, 9.17) is 10.5 Å². The number of ether oxygens (including phenoxy) is 1. The van der Waals surface area contributed by atoms with Crippen molar-refractivity contribution in [1.82, 2.24) is 10.2 Å². The maximum Gasteiger partial charge on any atom is 0.237 e. The Kier molecular flexibility index (Phi) is 8.26. The molecule has 5 rings (SSSR count). The third-order valence-electron chi connectivity index (χ3n) is 7.56. The molecule has 5 atom stereocenters. The average Bonchev–Trinajstić information content (AvgIpc) is 3.61. The maximum atomic E-state index is 14.5. The number of carbonyl (C=O) groups is 2. The lowest BCUT2D eigenvalue weighted by Crippen LogP contribution is -2.49. The van der Waals surface area contributed by atoms with Crippen molar-refractivity contribution in [2.75, 3.05) is 0 Å². The first kappa shape index (κ1) is 28.2. The highest BCUT2D eigenvalue weighted by atomic mass is 19.2. The molecule has 0 bridgehead atoms. The molecular weight excluding hydrogens is 533 g/mol. The van der Waals surface area contributed by atoms with Crippen LogP contribution in [0.25, 0.3) is 0 Å². The first-order valence-electron chi connectivity index (χ1n) is 13.4. The van der Waals surface area contributed by atoms with Gasteiger partial charge >= 0.3 is 0 Å². The maximum absolute atomic E-state index is 14.5. The van der Waals surface area contributed by atoms with Gasteiger partial charge in [-0.2, -0.15) is 5.26 Å². The number of piperidine rings is 1. The van der Waals surface area contributed by atoms with E-state index in [1.165, 1.54) is 4.90 Å². The summed E-state index contributed by atoms with van der Waals surface area (Å²) < 4.78 is 47.6. The van der Waals surface area contributed by atoms with E-state index in [9.17, 15) is 28.0 Å². The van der Waals surface area contributed by atoms with Crippen molar-refractivity contribution >= 4 is 11.8 Å². The molecule has 7 nitrogen and oxygen atoms in total. The second-order valence-electron chi connectivity index (χ2n) is 10.6. The van der Waals surface area contributed by atoms with Crippen LogP contribution < -0.4 is 15.8 Å². The third-order valence-corrected chi connectivity index (χ3v) is 7.56. The Morgan fingerprint density at radius 2 is 1.66 bits per heavy atom. The van der Waals surface area contributed by atoms with Crippen molar-refractivity contribution in [3.8, 4) is 17.6 Å². The Bertz CT molecular complexity index is 1460. The number of nitrogens with zero attached hydrogens (tertiary/aromatic N) is 2. The molecule has 1 heterocycles. The summed E-state index contributed by atoms with van der Waals surface area (Å²) >= 11 is 0. The minimum absolute atomic E-state index is 0.0143. The largest absolute Gasteiger partial charge is 0.457 e. The summed E-state index contributed by atoms with van der Waals surface area (Å²) in [5.41, 5.74) is 6.76. The number of amides is 2. The standard InChI is InChI=1S/C31H29F3N4O3/c32-25-16-27(34)26(33)13-19(25)11-21(15-30(39)38-22(17-35)12-20-14-29(20)38)37-31(40)28(36)10-18-6-8-24(9-7-18)41-23-4-2-1-3-5-23/h1-9,13,16,20-22,28-29H,10-12,14-15,36H2,(H,37,40)/t20?,21-,22?,28?,29?/m1/s1. The topological polar surface area (TPSA) is 108 Å². The Balaban J connectivity index is 1.25. The third kappa shape index (κ3) is 6.69. The molecule has 2 aliphatic rings. The number of carbonyl (C=O) groups excluding carboxylic acids is 2. The summed E-state index contributed by atoms with van der Waals surface area (Å²) in [6.07, 6.45) is 1.08. The number of nitriles is 1. The van der Waals surface area contributed by atoms with E-state index in [-0.39, 0.29) is 42.7 Å². The summed E-state index contributed by atoms with van der Waals surface area (Å²) in [6.45, 7) is 0. The smallest absolute Gasteiger partial charge is 0.237 e. The number of hydrogen-bond acceptors (Lipinski definition) is 5. The number of nitrogens with two attached hydrogens (primary N) is 1. The fourth-order valence-corrected chi connectivity index (χ4v) is 5.38. The minimum atomic E-state index is -1.33. The molecule has 1 aliphatic carbocycles. The molecule has 41 heavy (non-hydrogen) atoms. The highest BCUT2D eigenvalue weighted by molar-refractivity contribution is 5.84. The van der Waals surface area contributed by atoms with Crippen LogP contribution in [0.4, 0.5) is 13.2 Å². The van der Waals surface area contributed by atoms with Gasteiger partial charge < -0.3 is 20.7 Å². The molecule has 1 saturated heterocycles. The van der Waals surface area contributed by atoms with Crippen molar-refractivity contribution in [2.24, 2.45) is 11.7 Å². The van der Waals surface area contributed by atoms with Gasteiger partial charge in [-0.1, -0.05) is 30.3 Å². The number of nitrogens with one attached hydrogen (secondary N) is 1. The molecule has 2 amide bonds. The molecule has 3 aromatic rings. The van der Waals surface area contributed by atoms with Crippen LogP contribution in [-0.4, -0.2) is 40.9 Å². The second-order valence-corrected chi connectivity index (χ2v) is 10.6. The number of rotatable bonds is 10. The molecule has 10 heteroatoms. The fourth-order valence-electron chi connectivity index (χ4n) is 5.38. The molecule has 3 aromatic carbocycles.